The summed E-state index contributed by atoms with van der Waals surface area (Å²) in [5.41, 5.74) is 3.65. The summed E-state index contributed by atoms with van der Waals surface area (Å²) in [7, 11) is 4.59. The molecule has 0 saturated carbocycles. The van der Waals surface area contributed by atoms with Gasteiger partial charge < -0.3 is 20.1 Å². The van der Waals surface area contributed by atoms with E-state index in [4.69, 9.17) is 9.47 Å². The van der Waals surface area contributed by atoms with Crippen molar-refractivity contribution in [1.29, 1.82) is 0 Å². The van der Waals surface area contributed by atoms with E-state index in [9.17, 15) is 4.79 Å². The molecule has 8 heteroatoms. The van der Waals surface area contributed by atoms with Crippen LogP contribution in [0, 0.1) is 0 Å². The van der Waals surface area contributed by atoms with E-state index in [0.717, 1.165) is 5.56 Å². The minimum absolute atomic E-state index is 0.389. The third-order valence-corrected chi connectivity index (χ3v) is 4.81. The second-order valence-corrected chi connectivity index (χ2v) is 6.78. The van der Waals surface area contributed by atoms with Gasteiger partial charge in [0.1, 0.15) is 11.3 Å². The number of carbonyl (C=O) groups is 1. The summed E-state index contributed by atoms with van der Waals surface area (Å²) >= 11 is 0. The molecule has 0 bridgehead atoms. The molecule has 2 aromatic carbocycles. The highest BCUT2D eigenvalue weighted by Gasteiger charge is 2.13. The normalized spacial score (nSPS) is 11.1. The van der Waals surface area contributed by atoms with Gasteiger partial charge in [0.2, 0.25) is 0 Å². The van der Waals surface area contributed by atoms with Crippen LogP contribution in [0.4, 0.5) is 0 Å². The van der Waals surface area contributed by atoms with Crippen molar-refractivity contribution in [2.24, 2.45) is 4.99 Å². The number of nitrogens with one attached hydrogen (secondary N) is 2. The second kappa shape index (κ2) is 10.8. The predicted octanol–water partition coefficient (Wildman–Crippen LogP) is 2.59. The number of hydrogen-bond donors (Lipinski definition) is 2. The Morgan fingerprint density at radius 2 is 1.84 bits per heavy atom. The van der Waals surface area contributed by atoms with Crippen LogP contribution in [0.2, 0.25) is 0 Å². The van der Waals surface area contributed by atoms with E-state index >= 15 is 0 Å². The van der Waals surface area contributed by atoms with Gasteiger partial charge in [0.15, 0.2) is 5.96 Å². The Labute approximate surface area is 181 Å². The first kappa shape index (κ1) is 21.9. The van der Waals surface area contributed by atoms with Crippen LogP contribution >= 0.6 is 0 Å². The number of ether oxygens (including phenoxy) is 2. The molecule has 162 valence electrons. The summed E-state index contributed by atoms with van der Waals surface area (Å²) in [6, 6.07) is 15.5. The first-order valence-corrected chi connectivity index (χ1v) is 9.88. The molecule has 0 aliphatic rings. The Morgan fingerprint density at radius 3 is 2.52 bits per heavy atom. The summed E-state index contributed by atoms with van der Waals surface area (Å²) < 4.78 is 12.0. The van der Waals surface area contributed by atoms with Gasteiger partial charge in [-0.15, -0.1) is 0 Å². The Kier molecular flexibility index (Phi) is 7.64. The van der Waals surface area contributed by atoms with Crippen LogP contribution in [-0.4, -0.2) is 43.0 Å². The maximum atomic E-state index is 12.0. The molecule has 1 aromatic heterocycles. The van der Waals surface area contributed by atoms with Gasteiger partial charge in [-0.25, -0.2) is 4.79 Å². The summed E-state index contributed by atoms with van der Waals surface area (Å²) in [6.07, 6.45) is 3.72. The predicted molar refractivity (Wildman–Crippen MR) is 119 cm³/mol. The molecule has 0 unspecified atom stereocenters. The van der Waals surface area contributed by atoms with E-state index in [2.05, 4.69) is 32.9 Å². The summed E-state index contributed by atoms with van der Waals surface area (Å²) in [5, 5.41) is 10.9. The maximum Gasteiger partial charge on any atom is 0.341 e. The zero-order valence-electron chi connectivity index (χ0n) is 18.0. The standard InChI is InChI=1S/C23H27N5O3/c1-24-23(25-14-17-9-10-21(30-2)20(13-17)22(29)31-3)26-15-18-7-4-5-8-19(18)16-28-12-6-11-27-28/h4-13H,14-16H2,1-3H3,(H2,24,25,26). The van der Waals surface area contributed by atoms with Crippen LogP contribution in [0.1, 0.15) is 27.0 Å². The highest BCUT2D eigenvalue weighted by molar-refractivity contribution is 5.92. The van der Waals surface area contributed by atoms with E-state index in [-0.39, 0.29) is 0 Å². The molecule has 0 spiro atoms. The number of guanidine groups is 1. The van der Waals surface area contributed by atoms with Gasteiger partial charge in [0.05, 0.1) is 20.8 Å². The number of methoxy groups -OCH3 is 2. The van der Waals surface area contributed by atoms with Crippen molar-refractivity contribution >= 4 is 11.9 Å². The fourth-order valence-electron chi connectivity index (χ4n) is 3.17. The van der Waals surface area contributed by atoms with E-state index < -0.39 is 5.97 Å². The van der Waals surface area contributed by atoms with Crippen molar-refractivity contribution in [3.05, 3.63) is 83.2 Å². The van der Waals surface area contributed by atoms with Gasteiger partial charge in [0.25, 0.3) is 0 Å². The fraction of sp³-hybridized carbons (Fsp3) is 0.261. The molecule has 1 heterocycles. The lowest BCUT2D eigenvalue weighted by Gasteiger charge is -2.15. The van der Waals surface area contributed by atoms with Crippen molar-refractivity contribution in [3.8, 4) is 5.75 Å². The zero-order valence-corrected chi connectivity index (χ0v) is 18.0. The number of rotatable bonds is 8. The average molecular weight is 422 g/mol. The van der Waals surface area contributed by atoms with Crippen molar-refractivity contribution < 1.29 is 14.3 Å². The number of aliphatic imine (C=N–C) groups is 1. The second-order valence-electron chi connectivity index (χ2n) is 6.78. The van der Waals surface area contributed by atoms with Crippen LogP contribution in [0.15, 0.2) is 65.9 Å². The lowest BCUT2D eigenvalue weighted by Crippen LogP contribution is -2.36. The first-order chi connectivity index (χ1) is 15.1. The summed E-state index contributed by atoms with van der Waals surface area (Å²) in [4.78, 5) is 16.3. The van der Waals surface area contributed by atoms with E-state index in [0.29, 0.717) is 36.9 Å². The molecule has 0 saturated heterocycles. The lowest BCUT2D eigenvalue weighted by atomic mass is 10.1. The molecule has 2 N–H and O–H groups in total. The van der Waals surface area contributed by atoms with Crippen molar-refractivity contribution in [2.45, 2.75) is 19.6 Å². The molecule has 0 radical (unpaired) electrons. The number of hydrogen-bond acceptors (Lipinski definition) is 5. The Balaban J connectivity index is 1.62. The van der Waals surface area contributed by atoms with E-state index in [1.54, 1.807) is 25.4 Å². The molecule has 8 nitrogen and oxygen atoms in total. The molecule has 0 aliphatic heterocycles. The Morgan fingerprint density at radius 1 is 1.06 bits per heavy atom. The molecule has 3 rings (SSSR count). The largest absolute Gasteiger partial charge is 0.496 e. The van der Waals surface area contributed by atoms with Gasteiger partial charge >= 0.3 is 5.97 Å². The van der Waals surface area contributed by atoms with Crippen molar-refractivity contribution in [1.82, 2.24) is 20.4 Å². The van der Waals surface area contributed by atoms with Gasteiger partial charge in [-0.1, -0.05) is 30.3 Å². The number of aromatic nitrogens is 2. The van der Waals surface area contributed by atoms with Crippen LogP contribution in [0.5, 0.6) is 5.75 Å². The summed E-state index contributed by atoms with van der Waals surface area (Å²) in [6.45, 7) is 1.81. The number of carbonyl (C=O) groups excluding carboxylic acids is 1. The monoisotopic (exact) mass is 421 g/mol. The lowest BCUT2D eigenvalue weighted by molar-refractivity contribution is 0.0597. The highest BCUT2D eigenvalue weighted by atomic mass is 16.5. The SMILES string of the molecule is CN=C(NCc1ccc(OC)c(C(=O)OC)c1)NCc1ccccc1Cn1cccn1. The number of esters is 1. The van der Waals surface area contributed by atoms with Crippen LogP contribution in [0.25, 0.3) is 0 Å². The topological polar surface area (TPSA) is 89.8 Å². The smallest absolute Gasteiger partial charge is 0.341 e. The van der Waals surface area contributed by atoms with Crippen molar-refractivity contribution in [2.75, 3.05) is 21.3 Å². The van der Waals surface area contributed by atoms with Gasteiger partial charge in [0, 0.05) is 32.5 Å². The highest BCUT2D eigenvalue weighted by Crippen LogP contribution is 2.20. The Bertz CT molecular complexity index is 1030. The Hall–Kier alpha value is -3.81. The third-order valence-electron chi connectivity index (χ3n) is 4.81. The first-order valence-electron chi connectivity index (χ1n) is 9.88. The summed E-state index contributed by atoms with van der Waals surface area (Å²) in [5.74, 6) is 0.700. The molecular formula is C23H27N5O3. The molecule has 0 aliphatic carbocycles. The molecule has 0 amide bonds. The van der Waals surface area contributed by atoms with Gasteiger partial charge in [-0.3, -0.25) is 9.67 Å². The fourth-order valence-corrected chi connectivity index (χ4v) is 3.17. The molecule has 31 heavy (non-hydrogen) atoms. The molecule has 3 aromatic rings. The third kappa shape index (κ3) is 5.85. The van der Waals surface area contributed by atoms with Crippen LogP contribution in [-0.2, 0) is 24.4 Å². The maximum absolute atomic E-state index is 12.0. The molecular weight excluding hydrogens is 394 g/mol. The van der Waals surface area contributed by atoms with E-state index in [1.165, 1.54) is 25.3 Å². The van der Waals surface area contributed by atoms with Gasteiger partial charge in [-0.2, -0.15) is 5.10 Å². The zero-order chi connectivity index (χ0) is 22.1. The van der Waals surface area contributed by atoms with Crippen LogP contribution in [0.3, 0.4) is 0 Å². The molecule has 0 atom stereocenters. The number of benzene rings is 2. The minimum atomic E-state index is -0.435. The number of nitrogens with zero attached hydrogens (tertiary/aromatic N) is 3. The van der Waals surface area contributed by atoms with Crippen molar-refractivity contribution in [3.63, 3.8) is 0 Å². The minimum Gasteiger partial charge on any atom is -0.496 e. The quantitative estimate of drug-likeness (QED) is 0.330. The average Bonchev–Trinajstić information content (AvgIpc) is 3.32. The van der Waals surface area contributed by atoms with E-state index in [1.807, 2.05) is 35.1 Å². The molecule has 0 fully saturated rings. The van der Waals surface area contributed by atoms with Crippen LogP contribution < -0.4 is 15.4 Å². The van der Waals surface area contributed by atoms with Gasteiger partial charge in [-0.05, 0) is 34.9 Å².